The molecule has 0 saturated heterocycles. The summed E-state index contributed by atoms with van der Waals surface area (Å²) >= 11 is 0. The summed E-state index contributed by atoms with van der Waals surface area (Å²) in [5, 5.41) is 0. The van der Waals surface area contributed by atoms with Gasteiger partial charge >= 0.3 is 0 Å². The third-order valence-corrected chi connectivity index (χ3v) is 4.41. The number of aromatic nitrogens is 1. The van der Waals surface area contributed by atoms with Crippen molar-refractivity contribution in [3.63, 3.8) is 0 Å². The lowest BCUT2D eigenvalue weighted by molar-refractivity contribution is 0.164. The third kappa shape index (κ3) is 2.73. The van der Waals surface area contributed by atoms with Crippen LogP contribution in [0.25, 0.3) is 0 Å². The van der Waals surface area contributed by atoms with Crippen molar-refractivity contribution in [3.8, 4) is 0 Å². The highest BCUT2D eigenvalue weighted by molar-refractivity contribution is 5.10. The largest absolute Gasteiger partial charge is 0.326 e. The van der Waals surface area contributed by atoms with Crippen LogP contribution in [0.4, 0.5) is 0 Å². The van der Waals surface area contributed by atoms with Gasteiger partial charge in [0.25, 0.3) is 0 Å². The normalized spacial score (nSPS) is 26.7. The van der Waals surface area contributed by atoms with Crippen molar-refractivity contribution in [1.29, 1.82) is 0 Å². The van der Waals surface area contributed by atoms with Gasteiger partial charge in [-0.1, -0.05) is 20.8 Å². The van der Waals surface area contributed by atoms with Gasteiger partial charge in [-0.25, -0.2) is 0 Å². The summed E-state index contributed by atoms with van der Waals surface area (Å²) in [5.41, 5.74) is 8.03. The van der Waals surface area contributed by atoms with Crippen LogP contribution in [-0.2, 0) is 6.54 Å². The first-order valence-corrected chi connectivity index (χ1v) is 6.93. The zero-order valence-corrected chi connectivity index (χ0v) is 11.8. The first-order valence-electron chi connectivity index (χ1n) is 6.93. The summed E-state index contributed by atoms with van der Waals surface area (Å²) in [6, 6.07) is 4.97. The third-order valence-electron chi connectivity index (χ3n) is 4.41. The smallest absolute Gasteiger partial charge is 0.0271 e. The van der Waals surface area contributed by atoms with Gasteiger partial charge in [0.15, 0.2) is 0 Å². The number of hydrogen-bond donors (Lipinski definition) is 1. The molecule has 100 valence electrons. The van der Waals surface area contributed by atoms with Crippen LogP contribution in [0, 0.1) is 5.41 Å². The van der Waals surface area contributed by atoms with Gasteiger partial charge in [0.2, 0.25) is 0 Å². The Hall–Kier alpha value is -0.930. The van der Waals surface area contributed by atoms with Gasteiger partial charge in [0.1, 0.15) is 0 Å². The molecular weight excluding hydrogens is 222 g/mol. The molecule has 3 heteroatoms. The molecule has 0 spiro atoms. The van der Waals surface area contributed by atoms with E-state index >= 15 is 0 Å². The first kappa shape index (κ1) is 13.5. The fourth-order valence-electron chi connectivity index (χ4n) is 2.98. The number of nitrogens with zero attached hydrogens (tertiary/aromatic N) is 2. The van der Waals surface area contributed by atoms with Crippen molar-refractivity contribution in [2.75, 3.05) is 6.54 Å². The Morgan fingerprint density at radius 2 is 2.06 bits per heavy atom. The van der Waals surface area contributed by atoms with Gasteiger partial charge in [0, 0.05) is 31.0 Å². The Bertz CT molecular complexity index is 375. The Morgan fingerprint density at radius 3 is 2.56 bits per heavy atom. The molecule has 1 fully saturated rings. The van der Waals surface area contributed by atoms with Crippen LogP contribution in [0.5, 0.6) is 0 Å². The highest BCUT2D eigenvalue weighted by Gasteiger charge is 2.41. The standard InChI is InChI=1S/C15H25N3/c1-4-18(11-12-6-9-17-10-7-12)13-5-8-15(2,3)14(13)16/h6-7,9-10,13-14H,4-5,8,11,16H2,1-3H3. The van der Waals surface area contributed by atoms with Crippen LogP contribution in [0.15, 0.2) is 24.5 Å². The number of likely N-dealkylation sites (N-methyl/N-ethyl adjacent to an activating group) is 1. The minimum absolute atomic E-state index is 0.274. The maximum absolute atomic E-state index is 6.43. The van der Waals surface area contributed by atoms with Crippen molar-refractivity contribution in [3.05, 3.63) is 30.1 Å². The highest BCUT2D eigenvalue weighted by atomic mass is 15.2. The van der Waals surface area contributed by atoms with E-state index in [-0.39, 0.29) is 11.5 Å². The Morgan fingerprint density at radius 1 is 1.39 bits per heavy atom. The topological polar surface area (TPSA) is 42.2 Å². The fraction of sp³-hybridized carbons (Fsp3) is 0.667. The van der Waals surface area contributed by atoms with Gasteiger partial charge in [-0.3, -0.25) is 9.88 Å². The van der Waals surface area contributed by atoms with Crippen LogP contribution >= 0.6 is 0 Å². The van der Waals surface area contributed by atoms with Crippen molar-refractivity contribution in [2.24, 2.45) is 11.1 Å². The van der Waals surface area contributed by atoms with Gasteiger partial charge in [-0.05, 0) is 42.5 Å². The fourth-order valence-corrected chi connectivity index (χ4v) is 2.98. The van der Waals surface area contributed by atoms with E-state index in [1.54, 1.807) is 0 Å². The van der Waals surface area contributed by atoms with Crippen molar-refractivity contribution in [1.82, 2.24) is 9.88 Å². The molecule has 2 atom stereocenters. The predicted octanol–water partition coefficient (Wildman–Crippen LogP) is 2.42. The van der Waals surface area contributed by atoms with E-state index in [2.05, 4.69) is 42.8 Å². The summed E-state index contributed by atoms with van der Waals surface area (Å²) in [6.45, 7) is 8.83. The first-order chi connectivity index (χ1) is 8.54. The number of nitrogens with two attached hydrogens (primary N) is 1. The lowest BCUT2D eigenvalue weighted by Crippen LogP contribution is -2.48. The van der Waals surface area contributed by atoms with Gasteiger partial charge < -0.3 is 5.73 Å². The van der Waals surface area contributed by atoms with E-state index in [0.717, 1.165) is 13.1 Å². The van der Waals surface area contributed by atoms with E-state index < -0.39 is 0 Å². The SMILES string of the molecule is CCN(Cc1ccncc1)C1CCC(C)(C)C1N. The Balaban J connectivity index is 2.06. The summed E-state index contributed by atoms with van der Waals surface area (Å²) in [4.78, 5) is 6.58. The van der Waals surface area contributed by atoms with E-state index in [0.29, 0.717) is 6.04 Å². The average molecular weight is 247 g/mol. The molecule has 1 heterocycles. The lowest BCUT2D eigenvalue weighted by atomic mass is 9.87. The van der Waals surface area contributed by atoms with Gasteiger partial charge in [-0.15, -0.1) is 0 Å². The molecule has 18 heavy (non-hydrogen) atoms. The van der Waals surface area contributed by atoms with Gasteiger partial charge in [0.05, 0.1) is 0 Å². The highest BCUT2D eigenvalue weighted by Crippen LogP contribution is 2.38. The number of rotatable bonds is 4. The molecule has 3 nitrogen and oxygen atoms in total. The number of pyridine rings is 1. The van der Waals surface area contributed by atoms with Crippen LogP contribution in [0.2, 0.25) is 0 Å². The van der Waals surface area contributed by atoms with Gasteiger partial charge in [-0.2, -0.15) is 0 Å². The van der Waals surface area contributed by atoms with Crippen LogP contribution < -0.4 is 5.73 Å². The molecule has 1 aromatic heterocycles. The second kappa shape index (κ2) is 5.37. The molecule has 1 aliphatic carbocycles. The minimum atomic E-state index is 0.274. The van der Waals surface area contributed by atoms with Crippen LogP contribution in [0.3, 0.4) is 0 Å². The summed E-state index contributed by atoms with van der Waals surface area (Å²) in [6.07, 6.45) is 6.17. The van der Waals surface area contributed by atoms with Crippen molar-refractivity contribution >= 4 is 0 Å². The maximum atomic E-state index is 6.43. The van der Waals surface area contributed by atoms with Crippen LogP contribution in [0.1, 0.15) is 39.2 Å². The quantitative estimate of drug-likeness (QED) is 0.888. The zero-order chi connectivity index (χ0) is 13.2. The molecule has 0 aliphatic heterocycles. The molecule has 1 aromatic rings. The van der Waals surface area contributed by atoms with E-state index in [1.807, 2.05) is 12.4 Å². The maximum Gasteiger partial charge on any atom is 0.0271 e. The molecule has 2 N–H and O–H groups in total. The molecule has 0 radical (unpaired) electrons. The summed E-state index contributed by atoms with van der Waals surface area (Å²) < 4.78 is 0. The number of hydrogen-bond acceptors (Lipinski definition) is 3. The van der Waals surface area contributed by atoms with Crippen LogP contribution in [-0.4, -0.2) is 28.5 Å². The molecule has 0 bridgehead atoms. The second-order valence-corrected chi connectivity index (χ2v) is 6.04. The minimum Gasteiger partial charge on any atom is -0.326 e. The Kier molecular flexibility index (Phi) is 4.03. The Labute approximate surface area is 110 Å². The van der Waals surface area contributed by atoms with E-state index in [4.69, 9.17) is 5.73 Å². The lowest BCUT2D eigenvalue weighted by Gasteiger charge is -2.34. The molecule has 2 unspecified atom stereocenters. The average Bonchev–Trinajstić information content (AvgIpc) is 2.63. The molecule has 1 saturated carbocycles. The van der Waals surface area contributed by atoms with E-state index in [1.165, 1.54) is 18.4 Å². The molecule has 0 amide bonds. The predicted molar refractivity (Wildman–Crippen MR) is 75.1 cm³/mol. The molecule has 0 aromatic carbocycles. The molecule has 1 aliphatic rings. The summed E-state index contributed by atoms with van der Waals surface area (Å²) in [7, 11) is 0. The summed E-state index contributed by atoms with van der Waals surface area (Å²) in [5.74, 6) is 0. The molecule has 2 rings (SSSR count). The zero-order valence-electron chi connectivity index (χ0n) is 11.8. The van der Waals surface area contributed by atoms with Crippen molar-refractivity contribution < 1.29 is 0 Å². The monoisotopic (exact) mass is 247 g/mol. The second-order valence-electron chi connectivity index (χ2n) is 6.04. The molecular formula is C15H25N3. The van der Waals surface area contributed by atoms with E-state index in [9.17, 15) is 0 Å². The van der Waals surface area contributed by atoms with Crippen molar-refractivity contribution in [2.45, 2.75) is 52.2 Å².